The Bertz CT molecular complexity index is 772. The van der Waals surface area contributed by atoms with Crippen LogP contribution in [0, 0.1) is 0 Å². The van der Waals surface area contributed by atoms with E-state index in [1.165, 1.54) is 6.08 Å². The van der Waals surface area contributed by atoms with Crippen LogP contribution >= 0.6 is 0 Å². The van der Waals surface area contributed by atoms with Gasteiger partial charge in [-0.25, -0.2) is 0 Å². The number of nitrogens with one attached hydrogen (secondary N) is 1. The fraction of sp³-hybridized carbons (Fsp3) is 0.238. The fourth-order valence-corrected chi connectivity index (χ4v) is 2.91. The van der Waals surface area contributed by atoms with E-state index in [1.807, 2.05) is 47.4 Å². The highest BCUT2D eigenvalue weighted by molar-refractivity contribution is 5.94. The number of ether oxygens (including phenoxy) is 1. The maximum absolute atomic E-state index is 12.7. The van der Waals surface area contributed by atoms with Crippen molar-refractivity contribution in [3.63, 3.8) is 0 Å². The van der Waals surface area contributed by atoms with Crippen LogP contribution < -0.4 is 10.1 Å². The van der Waals surface area contributed by atoms with Crippen molar-refractivity contribution in [2.45, 2.75) is 19.1 Å². The number of para-hydroxylation sites is 1. The largest absolute Gasteiger partial charge is 0.489 e. The van der Waals surface area contributed by atoms with Crippen LogP contribution in [0.4, 0.5) is 0 Å². The Balaban J connectivity index is 1.54. The molecular weight excluding hydrogens is 328 g/mol. The standard InChI is InChI=1S/C21H22N2O3/c1-2-20(24)22-14-16-8-10-17(11-9-16)21(25)23-13-12-19(15-23)26-18-6-4-3-5-7-18/h2-11,19H,1,12-15H2,(H,22,24)/t19-/m0/s1. The van der Waals surface area contributed by atoms with E-state index in [2.05, 4.69) is 11.9 Å². The van der Waals surface area contributed by atoms with Crippen LogP contribution in [0.5, 0.6) is 5.75 Å². The summed E-state index contributed by atoms with van der Waals surface area (Å²) in [7, 11) is 0. The lowest BCUT2D eigenvalue weighted by Gasteiger charge is -2.17. The average molecular weight is 350 g/mol. The van der Waals surface area contributed by atoms with Crippen molar-refractivity contribution in [3.05, 3.63) is 78.4 Å². The summed E-state index contributed by atoms with van der Waals surface area (Å²) in [5, 5.41) is 2.71. The molecule has 2 aromatic rings. The molecule has 134 valence electrons. The quantitative estimate of drug-likeness (QED) is 0.815. The zero-order valence-electron chi connectivity index (χ0n) is 14.6. The summed E-state index contributed by atoms with van der Waals surface area (Å²) in [4.78, 5) is 25.7. The number of hydrogen-bond acceptors (Lipinski definition) is 3. The summed E-state index contributed by atoms with van der Waals surface area (Å²) in [6.07, 6.45) is 2.08. The molecular formula is C21H22N2O3. The summed E-state index contributed by atoms with van der Waals surface area (Å²) in [5.41, 5.74) is 1.58. The van der Waals surface area contributed by atoms with Gasteiger partial charge in [0, 0.05) is 25.1 Å². The first-order valence-corrected chi connectivity index (χ1v) is 8.66. The molecule has 26 heavy (non-hydrogen) atoms. The summed E-state index contributed by atoms with van der Waals surface area (Å²) < 4.78 is 5.93. The van der Waals surface area contributed by atoms with Crippen molar-refractivity contribution in [1.82, 2.24) is 10.2 Å². The number of carbonyl (C=O) groups is 2. The molecule has 1 saturated heterocycles. The first-order valence-electron chi connectivity index (χ1n) is 8.66. The molecule has 1 fully saturated rings. The van der Waals surface area contributed by atoms with E-state index in [4.69, 9.17) is 4.74 Å². The van der Waals surface area contributed by atoms with Gasteiger partial charge in [-0.2, -0.15) is 0 Å². The van der Waals surface area contributed by atoms with E-state index in [1.54, 1.807) is 12.1 Å². The Kier molecular flexibility index (Phi) is 5.69. The second-order valence-electron chi connectivity index (χ2n) is 6.21. The van der Waals surface area contributed by atoms with Crippen LogP contribution in [0.15, 0.2) is 67.3 Å². The first-order chi connectivity index (χ1) is 12.7. The van der Waals surface area contributed by atoms with Crippen LogP contribution in [0.25, 0.3) is 0 Å². The van der Waals surface area contributed by atoms with E-state index in [9.17, 15) is 9.59 Å². The molecule has 1 aliphatic heterocycles. The minimum atomic E-state index is -0.216. The van der Waals surface area contributed by atoms with E-state index >= 15 is 0 Å². The Morgan fingerprint density at radius 1 is 1.15 bits per heavy atom. The molecule has 2 aromatic carbocycles. The third kappa shape index (κ3) is 4.51. The highest BCUT2D eigenvalue weighted by atomic mass is 16.5. The summed E-state index contributed by atoms with van der Waals surface area (Å²) in [5.74, 6) is 0.621. The third-order valence-electron chi connectivity index (χ3n) is 4.33. The molecule has 0 unspecified atom stereocenters. The van der Waals surface area contributed by atoms with Gasteiger partial charge in [0.05, 0.1) is 6.54 Å². The second kappa shape index (κ2) is 8.34. The van der Waals surface area contributed by atoms with Crippen LogP contribution in [0.2, 0.25) is 0 Å². The lowest BCUT2D eigenvalue weighted by molar-refractivity contribution is -0.116. The summed E-state index contributed by atoms with van der Waals surface area (Å²) in [6, 6.07) is 17.0. The highest BCUT2D eigenvalue weighted by Crippen LogP contribution is 2.20. The normalized spacial score (nSPS) is 16.2. The molecule has 1 heterocycles. The van der Waals surface area contributed by atoms with Gasteiger partial charge in [-0.15, -0.1) is 0 Å². The lowest BCUT2D eigenvalue weighted by Crippen LogP contribution is -2.31. The van der Waals surface area contributed by atoms with Crippen LogP contribution in [0.3, 0.4) is 0 Å². The molecule has 0 bridgehead atoms. The van der Waals surface area contributed by atoms with Crippen molar-refractivity contribution in [2.24, 2.45) is 0 Å². The van der Waals surface area contributed by atoms with E-state index in [-0.39, 0.29) is 17.9 Å². The smallest absolute Gasteiger partial charge is 0.253 e. The second-order valence-corrected chi connectivity index (χ2v) is 6.21. The molecule has 5 nitrogen and oxygen atoms in total. The Morgan fingerprint density at radius 2 is 1.88 bits per heavy atom. The first kappa shape index (κ1) is 17.7. The molecule has 1 aliphatic rings. The number of carbonyl (C=O) groups excluding carboxylic acids is 2. The molecule has 0 aliphatic carbocycles. The van der Waals surface area contributed by atoms with Crippen molar-refractivity contribution in [1.29, 1.82) is 0 Å². The number of amides is 2. The molecule has 2 amide bonds. The van der Waals surface area contributed by atoms with Gasteiger partial charge in [0.25, 0.3) is 5.91 Å². The molecule has 0 saturated carbocycles. The van der Waals surface area contributed by atoms with Crippen molar-refractivity contribution in [3.8, 4) is 5.75 Å². The van der Waals surface area contributed by atoms with Crippen molar-refractivity contribution < 1.29 is 14.3 Å². The highest BCUT2D eigenvalue weighted by Gasteiger charge is 2.28. The van der Waals surface area contributed by atoms with Gasteiger partial charge < -0.3 is 15.0 Å². The predicted molar refractivity (Wildman–Crippen MR) is 99.9 cm³/mol. The third-order valence-corrected chi connectivity index (χ3v) is 4.33. The molecule has 1 atom stereocenters. The SMILES string of the molecule is C=CC(=O)NCc1ccc(C(=O)N2CC[C@H](Oc3ccccc3)C2)cc1. The van der Waals surface area contributed by atoms with E-state index in [0.29, 0.717) is 25.2 Å². The van der Waals surface area contributed by atoms with Crippen LogP contribution in [-0.2, 0) is 11.3 Å². The van der Waals surface area contributed by atoms with Gasteiger partial charge in [-0.1, -0.05) is 36.9 Å². The van der Waals surface area contributed by atoms with Gasteiger partial charge in [-0.05, 0) is 35.9 Å². The zero-order chi connectivity index (χ0) is 18.4. The molecule has 1 N–H and O–H groups in total. The molecule has 0 spiro atoms. The predicted octanol–water partition coefficient (Wildman–Crippen LogP) is 2.78. The van der Waals surface area contributed by atoms with E-state index in [0.717, 1.165) is 17.7 Å². The minimum absolute atomic E-state index is 0.00541. The van der Waals surface area contributed by atoms with Gasteiger partial charge in [-0.3, -0.25) is 9.59 Å². The molecule has 0 radical (unpaired) electrons. The minimum Gasteiger partial charge on any atom is -0.489 e. The Hall–Kier alpha value is -3.08. The number of hydrogen-bond donors (Lipinski definition) is 1. The van der Waals surface area contributed by atoms with Crippen molar-refractivity contribution >= 4 is 11.8 Å². The molecule has 5 heteroatoms. The Morgan fingerprint density at radius 3 is 2.58 bits per heavy atom. The maximum atomic E-state index is 12.7. The maximum Gasteiger partial charge on any atom is 0.253 e. The number of nitrogens with zero attached hydrogens (tertiary/aromatic N) is 1. The zero-order valence-corrected chi connectivity index (χ0v) is 14.6. The number of rotatable bonds is 6. The number of likely N-dealkylation sites (tertiary alicyclic amines) is 1. The van der Waals surface area contributed by atoms with Gasteiger partial charge in [0.2, 0.25) is 5.91 Å². The summed E-state index contributed by atoms with van der Waals surface area (Å²) >= 11 is 0. The molecule has 3 rings (SSSR count). The average Bonchev–Trinajstić information content (AvgIpc) is 3.15. The van der Waals surface area contributed by atoms with Gasteiger partial charge in [0.15, 0.2) is 0 Å². The summed E-state index contributed by atoms with van der Waals surface area (Å²) in [6.45, 7) is 5.10. The van der Waals surface area contributed by atoms with Crippen LogP contribution in [0.1, 0.15) is 22.3 Å². The lowest BCUT2D eigenvalue weighted by atomic mass is 10.1. The van der Waals surface area contributed by atoms with Crippen molar-refractivity contribution in [2.75, 3.05) is 13.1 Å². The monoisotopic (exact) mass is 350 g/mol. The molecule has 0 aromatic heterocycles. The fourth-order valence-electron chi connectivity index (χ4n) is 2.91. The number of benzene rings is 2. The van der Waals surface area contributed by atoms with Crippen LogP contribution in [-0.4, -0.2) is 35.9 Å². The van der Waals surface area contributed by atoms with Gasteiger partial charge >= 0.3 is 0 Å². The van der Waals surface area contributed by atoms with E-state index < -0.39 is 0 Å². The Labute approximate surface area is 153 Å². The van der Waals surface area contributed by atoms with Gasteiger partial charge in [0.1, 0.15) is 11.9 Å². The topological polar surface area (TPSA) is 58.6 Å².